The lowest BCUT2D eigenvalue weighted by atomic mass is 10.1. The van der Waals surface area contributed by atoms with Crippen LogP contribution in [0, 0.1) is 11.3 Å². The van der Waals surface area contributed by atoms with E-state index in [4.69, 9.17) is 16.9 Å². The average Bonchev–Trinajstić information content (AvgIpc) is 2.28. The number of nitrogens with zero attached hydrogens (tertiary/aromatic N) is 1. The van der Waals surface area contributed by atoms with Crippen LogP contribution in [0.4, 0.5) is 0 Å². The molecule has 0 aromatic heterocycles. The molecular weight excluding hydrogens is 248 g/mol. The molecule has 3 nitrogen and oxygen atoms in total. The number of nitrogens with one attached hydrogen (secondary N) is 1. The smallest absolute Gasteiger partial charge is 0.221 e. The van der Waals surface area contributed by atoms with E-state index < -0.39 is 5.54 Å². The number of amides is 1. The van der Waals surface area contributed by atoms with Crippen molar-refractivity contribution in [2.24, 2.45) is 0 Å². The fourth-order valence-corrected chi connectivity index (χ4v) is 1.80. The minimum absolute atomic E-state index is 0.0939. The summed E-state index contributed by atoms with van der Waals surface area (Å²) in [7, 11) is 0. The van der Waals surface area contributed by atoms with Crippen LogP contribution in [-0.4, -0.2) is 11.4 Å². The largest absolute Gasteiger partial charge is 0.338 e. The molecule has 0 unspecified atom stereocenters. The molecule has 0 saturated heterocycles. The Bertz CT molecular complexity index is 463. The Labute approximate surface area is 113 Å². The highest BCUT2D eigenvalue weighted by Crippen LogP contribution is 2.13. The first-order chi connectivity index (χ1) is 8.43. The lowest BCUT2D eigenvalue weighted by Crippen LogP contribution is -2.41. The van der Waals surface area contributed by atoms with Crippen LogP contribution in [0.3, 0.4) is 0 Å². The van der Waals surface area contributed by atoms with Crippen LogP contribution >= 0.6 is 11.6 Å². The normalized spacial score (nSPS) is 10.8. The van der Waals surface area contributed by atoms with Gasteiger partial charge in [-0.25, -0.2) is 0 Å². The molecule has 0 bridgehead atoms. The van der Waals surface area contributed by atoms with Crippen molar-refractivity contribution in [3.8, 4) is 6.07 Å². The Morgan fingerprint density at radius 3 is 2.83 bits per heavy atom. The van der Waals surface area contributed by atoms with Crippen molar-refractivity contribution in [3.63, 3.8) is 0 Å². The minimum Gasteiger partial charge on any atom is -0.338 e. The summed E-state index contributed by atoms with van der Waals surface area (Å²) in [5, 5.41) is 12.2. The fraction of sp³-hybridized carbons (Fsp3) is 0.429. The van der Waals surface area contributed by atoms with Gasteiger partial charge in [0.25, 0.3) is 0 Å². The van der Waals surface area contributed by atoms with E-state index in [1.165, 1.54) is 0 Å². The number of carbonyl (C=O) groups is 1. The molecule has 1 rings (SSSR count). The summed E-state index contributed by atoms with van der Waals surface area (Å²) >= 11 is 5.88. The molecule has 0 spiro atoms. The number of rotatable bonds is 5. The van der Waals surface area contributed by atoms with Crippen LogP contribution in [-0.2, 0) is 11.2 Å². The van der Waals surface area contributed by atoms with Crippen LogP contribution in [0.5, 0.6) is 0 Å². The Morgan fingerprint density at radius 1 is 1.50 bits per heavy atom. The topological polar surface area (TPSA) is 52.9 Å². The average molecular weight is 265 g/mol. The number of benzene rings is 1. The van der Waals surface area contributed by atoms with Crippen molar-refractivity contribution in [2.45, 2.75) is 38.6 Å². The summed E-state index contributed by atoms with van der Waals surface area (Å²) < 4.78 is 0. The van der Waals surface area contributed by atoms with E-state index >= 15 is 0 Å². The van der Waals surface area contributed by atoms with Gasteiger partial charge in [-0.15, -0.1) is 0 Å². The monoisotopic (exact) mass is 264 g/mol. The molecule has 18 heavy (non-hydrogen) atoms. The second-order valence-corrected chi connectivity index (χ2v) is 5.20. The predicted molar refractivity (Wildman–Crippen MR) is 72.2 cm³/mol. The summed E-state index contributed by atoms with van der Waals surface area (Å²) in [5.41, 5.74) is 0.322. The number of hydrogen-bond acceptors (Lipinski definition) is 2. The van der Waals surface area contributed by atoms with Gasteiger partial charge in [0, 0.05) is 11.4 Å². The Balaban J connectivity index is 2.35. The molecule has 0 aliphatic rings. The third kappa shape index (κ3) is 5.20. The lowest BCUT2D eigenvalue weighted by Gasteiger charge is -2.17. The maximum Gasteiger partial charge on any atom is 0.221 e. The number of nitriles is 1. The van der Waals surface area contributed by atoms with E-state index in [1.54, 1.807) is 13.8 Å². The van der Waals surface area contributed by atoms with Crippen LogP contribution in [0.2, 0.25) is 5.02 Å². The molecule has 0 aliphatic heterocycles. The van der Waals surface area contributed by atoms with Crippen molar-refractivity contribution in [3.05, 3.63) is 34.9 Å². The molecule has 0 heterocycles. The third-order valence-electron chi connectivity index (χ3n) is 2.49. The van der Waals surface area contributed by atoms with E-state index in [1.807, 2.05) is 30.3 Å². The zero-order chi connectivity index (χ0) is 13.6. The van der Waals surface area contributed by atoms with Gasteiger partial charge in [0.15, 0.2) is 0 Å². The van der Waals surface area contributed by atoms with Crippen LogP contribution in [0.15, 0.2) is 24.3 Å². The summed E-state index contributed by atoms with van der Waals surface area (Å²) in [5.74, 6) is -0.0939. The zero-order valence-electron chi connectivity index (χ0n) is 10.7. The van der Waals surface area contributed by atoms with Crippen LogP contribution in [0.25, 0.3) is 0 Å². The van der Waals surface area contributed by atoms with Gasteiger partial charge in [-0.3, -0.25) is 4.79 Å². The minimum atomic E-state index is -0.798. The standard InChI is InChI=1S/C14H17ClN2O/c1-14(2,10-16)17-13(18)8-4-6-11-5-3-7-12(15)9-11/h3,5,7,9H,4,6,8H2,1-2H3,(H,17,18). The molecule has 0 aliphatic carbocycles. The highest BCUT2D eigenvalue weighted by molar-refractivity contribution is 6.30. The van der Waals surface area contributed by atoms with Crippen molar-refractivity contribution in [1.29, 1.82) is 5.26 Å². The maximum atomic E-state index is 11.6. The first kappa shape index (κ1) is 14.5. The molecule has 1 amide bonds. The van der Waals surface area contributed by atoms with Crippen molar-refractivity contribution < 1.29 is 4.79 Å². The van der Waals surface area contributed by atoms with Crippen LogP contribution < -0.4 is 5.32 Å². The van der Waals surface area contributed by atoms with Gasteiger partial charge < -0.3 is 5.32 Å². The summed E-state index contributed by atoms with van der Waals surface area (Å²) in [6.45, 7) is 3.36. The second kappa shape index (κ2) is 6.42. The summed E-state index contributed by atoms with van der Waals surface area (Å²) in [6.07, 6.45) is 1.96. The Kier molecular flexibility index (Phi) is 5.18. The van der Waals surface area contributed by atoms with Crippen molar-refractivity contribution in [2.75, 3.05) is 0 Å². The molecule has 1 aromatic rings. The molecule has 1 aromatic carbocycles. The fourth-order valence-electron chi connectivity index (χ4n) is 1.58. The van der Waals surface area contributed by atoms with Crippen LogP contribution in [0.1, 0.15) is 32.3 Å². The molecule has 0 saturated carbocycles. The van der Waals surface area contributed by atoms with Gasteiger partial charge in [-0.1, -0.05) is 23.7 Å². The van der Waals surface area contributed by atoms with Gasteiger partial charge in [0.2, 0.25) is 5.91 Å². The highest BCUT2D eigenvalue weighted by atomic mass is 35.5. The number of halogens is 1. The summed E-state index contributed by atoms with van der Waals surface area (Å²) in [4.78, 5) is 11.6. The predicted octanol–water partition coefficient (Wildman–Crippen LogP) is 3.08. The van der Waals surface area contributed by atoms with Gasteiger partial charge in [0.1, 0.15) is 5.54 Å². The van der Waals surface area contributed by atoms with E-state index in [2.05, 4.69) is 5.32 Å². The van der Waals surface area contributed by atoms with E-state index in [9.17, 15) is 4.79 Å². The van der Waals surface area contributed by atoms with Gasteiger partial charge in [0.05, 0.1) is 6.07 Å². The van der Waals surface area contributed by atoms with Crippen molar-refractivity contribution >= 4 is 17.5 Å². The van der Waals surface area contributed by atoms with Crippen molar-refractivity contribution in [1.82, 2.24) is 5.32 Å². The molecule has 4 heteroatoms. The Hall–Kier alpha value is -1.53. The number of aryl methyl sites for hydroxylation is 1. The Morgan fingerprint density at radius 2 is 2.22 bits per heavy atom. The molecular formula is C14H17ClN2O. The maximum absolute atomic E-state index is 11.6. The van der Waals surface area contributed by atoms with Gasteiger partial charge >= 0.3 is 0 Å². The molecule has 1 N–H and O–H groups in total. The SMILES string of the molecule is CC(C)(C#N)NC(=O)CCCc1cccc(Cl)c1. The first-order valence-corrected chi connectivity index (χ1v) is 6.27. The first-order valence-electron chi connectivity index (χ1n) is 5.90. The lowest BCUT2D eigenvalue weighted by molar-refractivity contribution is -0.122. The molecule has 0 fully saturated rings. The molecule has 0 atom stereocenters. The van der Waals surface area contributed by atoms with E-state index in [0.717, 1.165) is 18.4 Å². The quantitative estimate of drug-likeness (QED) is 0.889. The second-order valence-electron chi connectivity index (χ2n) is 4.77. The number of hydrogen-bond donors (Lipinski definition) is 1. The zero-order valence-corrected chi connectivity index (χ0v) is 11.4. The van der Waals surface area contributed by atoms with E-state index in [-0.39, 0.29) is 5.91 Å². The van der Waals surface area contributed by atoms with Gasteiger partial charge in [-0.2, -0.15) is 5.26 Å². The number of carbonyl (C=O) groups excluding carboxylic acids is 1. The van der Waals surface area contributed by atoms with E-state index in [0.29, 0.717) is 11.4 Å². The summed E-state index contributed by atoms with van der Waals surface area (Å²) in [6, 6.07) is 9.65. The van der Waals surface area contributed by atoms with Gasteiger partial charge in [-0.05, 0) is 44.4 Å². The third-order valence-corrected chi connectivity index (χ3v) is 2.72. The molecule has 96 valence electrons. The molecule has 0 radical (unpaired) electrons. The highest BCUT2D eigenvalue weighted by Gasteiger charge is 2.18.